The second-order valence-electron chi connectivity index (χ2n) is 8.67. The Hall–Kier alpha value is -4.41. The average Bonchev–Trinajstić information content (AvgIpc) is 3.20. The molecule has 0 radical (unpaired) electrons. The van der Waals surface area contributed by atoms with Gasteiger partial charge in [0.25, 0.3) is 11.8 Å². The van der Waals surface area contributed by atoms with Crippen molar-refractivity contribution in [1.29, 1.82) is 5.26 Å². The topological polar surface area (TPSA) is 88.5 Å². The van der Waals surface area contributed by atoms with Crippen molar-refractivity contribution in [3.05, 3.63) is 95.1 Å². The Balaban J connectivity index is 1.67. The minimum absolute atomic E-state index is 0.0440. The Labute approximate surface area is 205 Å². The van der Waals surface area contributed by atoms with Crippen molar-refractivity contribution in [3.8, 4) is 6.07 Å². The van der Waals surface area contributed by atoms with Gasteiger partial charge in [-0.3, -0.25) is 9.59 Å². The van der Waals surface area contributed by atoms with Crippen molar-refractivity contribution in [2.45, 2.75) is 0 Å². The lowest BCUT2D eigenvalue weighted by Crippen LogP contribution is -2.33. The van der Waals surface area contributed by atoms with Gasteiger partial charge in [-0.1, -0.05) is 36.4 Å². The number of hydrogen-bond donors (Lipinski definition) is 2. The summed E-state index contributed by atoms with van der Waals surface area (Å²) in [6.07, 6.45) is 0. The molecule has 3 aromatic rings. The van der Waals surface area contributed by atoms with E-state index in [0.29, 0.717) is 34.6 Å². The third-order valence-corrected chi connectivity index (χ3v) is 5.84. The van der Waals surface area contributed by atoms with Crippen LogP contribution in [0.1, 0.15) is 27.0 Å². The Morgan fingerprint density at radius 3 is 2.31 bits per heavy atom. The number of carbonyl (C=O) groups is 2. The molecule has 7 heteroatoms. The molecule has 0 aromatic heterocycles. The number of hydrogen-bond acceptors (Lipinski definition) is 5. The molecule has 1 aliphatic heterocycles. The van der Waals surface area contributed by atoms with Crippen LogP contribution in [0.25, 0.3) is 11.3 Å². The van der Waals surface area contributed by atoms with Crippen LogP contribution in [-0.2, 0) is 4.79 Å². The Kier molecular flexibility index (Phi) is 6.95. The molecule has 0 atom stereocenters. The molecule has 0 fully saturated rings. The molecule has 3 aromatic carbocycles. The summed E-state index contributed by atoms with van der Waals surface area (Å²) in [5.41, 5.74) is 5.16. The molecule has 7 nitrogen and oxygen atoms in total. The zero-order chi connectivity index (χ0) is 24.9. The smallest absolute Gasteiger partial charge is 0.258 e. The monoisotopic (exact) mass is 465 g/mol. The number of nitrogens with zero attached hydrogens (tertiary/aromatic N) is 3. The van der Waals surface area contributed by atoms with Crippen molar-refractivity contribution >= 4 is 34.5 Å². The van der Waals surface area contributed by atoms with E-state index in [-0.39, 0.29) is 11.8 Å². The van der Waals surface area contributed by atoms with E-state index in [2.05, 4.69) is 16.7 Å². The highest BCUT2D eigenvalue weighted by Crippen LogP contribution is 2.38. The number of rotatable bonds is 7. The lowest BCUT2D eigenvalue weighted by atomic mass is 9.99. The van der Waals surface area contributed by atoms with Crippen LogP contribution in [0, 0.1) is 11.3 Å². The van der Waals surface area contributed by atoms with Crippen LogP contribution in [0.3, 0.4) is 0 Å². The number of likely N-dealkylation sites (N-methyl/N-ethyl adjacent to an activating group) is 2. The van der Waals surface area contributed by atoms with E-state index in [9.17, 15) is 14.9 Å². The first-order chi connectivity index (χ1) is 16.9. The van der Waals surface area contributed by atoms with Gasteiger partial charge in [-0.2, -0.15) is 5.26 Å². The van der Waals surface area contributed by atoms with Crippen LogP contribution in [-0.4, -0.2) is 55.8 Å². The first-order valence-electron chi connectivity index (χ1n) is 11.3. The van der Waals surface area contributed by atoms with Gasteiger partial charge in [-0.05, 0) is 56.1 Å². The lowest BCUT2D eigenvalue weighted by molar-refractivity contribution is -0.110. The molecule has 0 spiro atoms. The fourth-order valence-corrected chi connectivity index (χ4v) is 3.89. The molecule has 176 valence electrons. The number of fused-ring (bicyclic) bond motifs is 1. The maximum absolute atomic E-state index is 13.0. The molecule has 35 heavy (non-hydrogen) atoms. The van der Waals surface area contributed by atoms with Gasteiger partial charge in [0.15, 0.2) is 0 Å². The van der Waals surface area contributed by atoms with E-state index in [4.69, 9.17) is 0 Å². The highest BCUT2D eigenvalue weighted by molar-refractivity contribution is 6.37. The fraction of sp³-hybridized carbons (Fsp3) is 0.179. The van der Waals surface area contributed by atoms with Gasteiger partial charge in [0, 0.05) is 37.0 Å². The van der Waals surface area contributed by atoms with Crippen LogP contribution >= 0.6 is 0 Å². The van der Waals surface area contributed by atoms with Crippen molar-refractivity contribution in [2.24, 2.45) is 0 Å². The number of anilines is 2. The van der Waals surface area contributed by atoms with Gasteiger partial charge in [-0.25, -0.2) is 0 Å². The van der Waals surface area contributed by atoms with Crippen LogP contribution in [0.4, 0.5) is 11.4 Å². The van der Waals surface area contributed by atoms with Gasteiger partial charge in [0.2, 0.25) is 0 Å². The standard InChI is InChI=1S/C28H27N5O2/c1-32(2)15-16-33(3)28(35)21-10-12-22(13-11-21)30-26(20-7-5-4-6-8-20)25-23-14-9-19(18-29)17-24(23)31-27(25)34/h4-14,17,30H,15-16H2,1-3H3,(H,31,34). The highest BCUT2D eigenvalue weighted by Gasteiger charge is 2.28. The second kappa shape index (κ2) is 10.2. The molecule has 2 N–H and O–H groups in total. The molecule has 0 bridgehead atoms. The fourth-order valence-electron chi connectivity index (χ4n) is 3.89. The van der Waals surface area contributed by atoms with E-state index < -0.39 is 0 Å². The van der Waals surface area contributed by atoms with Crippen LogP contribution in [0.2, 0.25) is 0 Å². The largest absolute Gasteiger partial charge is 0.354 e. The molecule has 0 unspecified atom stereocenters. The van der Waals surface area contributed by atoms with Crippen molar-refractivity contribution < 1.29 is 9.59 Å². The quantitative estimate of drug-likeness (QED) is 0.513. The number of amides is 2. The number of nitrogens with one attached hydrogen (secondary N) is 2. The van der Waals surface area contributed by atoms with Gasteiger partial charge in [0.1, 0.15) is 0 Å². The first-order valence-corrected chi connectivity index (χ1v) is 11.3. The van der Waals surface area contributed by atoms with Crippen LogP contribution < -0.4 is 10.6 Å². The lowest BCUT2D eigenvalue weighted by Gasteiger charge is -2.20. The number of carbonyl (C=O) groups excluding carboxylic acids is 2. The summed E-state index contributed by atoms with van der Waals surface area (Å²) >= 11 is 0. The Morgan fingerprint density at radius 2 is 1.66 bits per heavy atom. The molecule has 4 rings (SSSR count). The summed E-state index contributed by atoms with van der Waals surface area (Å²) in [6.45, 7) is 1.42. The predicted octanol–water partition coefficient (Wildman–Crippen LogP) is 4.12. The molecule has 1 heterocycles. The summed E-state index contributed by atoms with van der Waals surface area (Å²) in [7, 11) is 5.75. The Morgan fingerprint density at radius 1 is 0.943 bits per heavy atom. The number of benzene rings is 3. The van der Waals surface area contributed by atoms with Gasteiger partial charge in [-0.15, -0.1) is 0 Å². The zero-order valence-electron chi connectivity index (χ0n) is 20.0. The summed E-state index contributed by atoms with van der Waals surface area (Å²) < 4.78 is 0. The van der Waals surface area contributed by atoms with Crippen molar-refractivity contribution in [3.63, 3.8) is 0 Å². The number of nitriles is 1. The SMILES string of the molecule is CN(C)CCN(C)C(=O)c1ccc(NC(=C2C(=O)Nc3cc(C#N)ccc32)c2ccccc2)cc1. The molecular weight excluding hydrogens is 438 g/mol. The summed E-state index contributed by atoms with van der Waals surface area (Å²) in [5, 5.41) is 15.5. The van der Waals surface area contributed by atoms with Gasteiger partial charge >= 0.3 is 0 Å². The minimum Gasteiger partial charge on any atom is -0.354 e. The van der Waals surface area contributed by atoms with E-state index >= 15 is 0 Å². The summed E-state index contributed by atoms with van der Waals surface area (Å²) in [6, 6.07) is 24.1. The van der Waals surface area contributed by atoms with Crippen LogP contribution in [0.15, 0.2) is 72.8 Å². The Bertz CT molecular complexity index is 1320. The molecule has 0 saturated carbocycles. The van der Waals surface area contributed by atoms with Gasteiger partial charge in [0.05, 0.1) is 28.6 Å². The summed E-state index contributed by atoms with van der Waals surface area (Å²) in [5.74, 6) is -0.284. The highest BCUT2D eigenvalue weighted by atomic mass is 16.2. The van der Waals surface area contributed by atoms with E-state index in [1.54, 1.807) is 42.3 Å². The van der Waals surface area contributed by atoms with E-state index in [1.165, 1.54) is 0 Å². The van der Waals surface area contributed by atoms with E-state index in [1.807, 2.05) is 61.5 Å². The van der Waals surface area contributed by atoms with Crippen molar-refractivity contribution in [1.82, 2.24) is 9.80 Å². The first kappa shape index (κ1) is 23.7. The second-order valence-corrected chi connectivity index (χ2v) is 8.67. The zero-order valence-corrected chi connectivity index (χ0v) is 20.0. The third-order valence-electron chi connectivity index (χ3n) is 5.84. The average molecular weight is 466 g/mol. The maximum atomic E-state index is 13.0. The van der Waals surface area contributed by atoms with Gasteiger partial charge < -0.3 is 20.4 Å². The normalized spacial score (nSPS) is 13.6. The minimum atomic E-state index is -0.240. The third kappa shape index (κ3) is 5.24. The van der Waals surface area contributed by atoms with Crippen LogP contribution in [0.5, 0.6) is 0 Å². The van der Waals surface area contributed by atoms with E-state index in [0.717, 1.165) is 23.4 Å². The molecule has 0 saturated heterocycles. The molecule has 0 aliphatic carbocycles. The van der Waals surface area contributed by atoms with Crippen molar-refractivity contribution in [2.75, 3.05) is 44.9 Å². The molecule has 2 amide bonds. The molecular formula is C28H27N5O2. The summed E-state index contributed by atoms with van der Waals surface area (Å²) in [4.78, 5) is 29.5. The predicted molar refractivity (Wildman–Crippen MR) is 139 cm³/mol. The maximum Gasteiger partial charge on any atom is 0.258 e. The molecule has 1 aliphatic rings.